The summed E-state index contributed by atoms with van der Waals surface area (Å²) in [7, 11) is 0. The summed E-state index contributed by atoms with van der Waals surface area (Å²) in [5.74, 6) is -0.0655. The summed E-state index contributed by atoms with van der Waals surface area (Å²) in [6.45, 7) is 1.49. The lowest BCUT2D eigenvalue weighted by Crippen LogP contribution is -2.03. The maximum absolute atomic E-state index is 11.2. The van der Waals surface area contributed by atoms with Crippen LogP contribution >= 0.6 is 23.2 Å². The van der Waals surface area contributed by atoms with Crippen LogP contribution < -0.4 is 0 Å². The maximum Gasteiger partial charge on any atom is 0.227 e. The standard InChI is InChI=1S/C10H7Cl2NO/c1-6(14)13-3-2-7-4-8(11)5-9(12)10(7)13/h2-5H,1H3. The molecule has 0 aliphatic heterocycles. The molecule has 2 nitrogen and oxygen atoms in total. The molecule has 0 unspecified atom stereocenters. The Balaban J connectivity index is 2.85. The van der Waals surface area contributed by atoms with Crippen LogP contribution in [0.4, 0.5) is 0 Å². The SMILES string of the molecule is CC(=O)n1ccc2cc(Cl)cc(Cl)c21. The number of hydrogen-bond donors (Lipinski definition) is 0. The van der Waals surface area contributed by atoms with Gasteiger partial charge in [-0.15, -0.1) is 0 Å². The van der Waals surface area contributed by atoms with E-state index in [1.54, 1.807) is 18.3 Å². The quantitative estimate of drug-likeness (QED) is 0.675. The number of halogens is 2. The minimum absolute atomic E-state index is 0.0655. The molecule has 0 amide bonds. The lowest BCUT2D eigenvalue weighted by molar-refractivity contribution is 0.0941. The van der Waals surface area contributed by atoms with Crippen LogP contribution in [0.1, 0.15) is 11.7 Å². The van der Waals surface area contributed by atoms with Gasteiger partial charge in [-0.05, 0) is 18.2 Å². The molecule has 0 fully saturated rings. The van der Waals surface area contributed by atoms with Crippen molar-refractivity contribution >= 4 is 40.0 Å². The summed E-state index contributed by atoms with van der Waals surface area (Å²) in [5.41, 5.74) is 0.712. The summed E-state index contributed by atoms with van der Waals surface area (Å²) in [6, 6.07) is 5.22. The van der Waals surface area contributed by atoms with Crippen molar-refractivity contribution in [1.82, 2.24) is 4.57 Å². The van der Waals surface area contributed by atoms with Crippen molar-refractivity contribution < 1.29 is 4.79 Å². The Morgan fingerprint density at radius 1 is 1.36 bits per heavy atom. The summed E-state index contributed by atoms with van der Waals surface area (Å²) in [5, 5.41) is 1.94. The Hall–Kier alpha value is -0.990. The predicted octanol–water partition coefficient (Wildman–Crippen LogP) is 3.61. The molecule has 0 aliphatic rings. The number of rotatable bonds is 0. The number of carbonyl (C=O) groups excluding carboxylic acids is 1. The van der Waals surface area contributed by atoms with Crippen LogP contribution in [0.15, 0.2) is 24.4 Å². The maximum atomic E-state index is 11.2. The van der Waals surface area contributed by atoms with Crippen LogP contribution in [0.3, 0.4) is 0 Å². The van der Waals surface area contributed by atoms with Crippen LogP contribution in [-0.2, 0) is 0 Å². The fraction of sp³-hybridized carbons (Fsp3) is 0.100. The lowest BCUT2D eigenvalue weighted by atomic mass is 10.2. The fourth-order valence-electron chi connectivity index (χ4n) is 1.46. The molecule has 14 heavy (non-hydrogen) atoms. The van der Waals surface area contributed by atoms with Crippen molar-refractivity contribution in [1.29, 1.82) is 0 Å². The second kappa shape index (κ2) is 3.30. The molecular formula is C10H7Cl2NO. The van der Waals surface area contributed by atoms with E-state index >= 15 is 0 Å². The highest BCUT2D eigenvalue weighted by Gasteiger charge is 2.08. The van der Waals surface area contributed by atoms with Gasteiger partial charge in [0.25, 0.3) is 0 Å². The summed E-state index contributed by atoms with van der Waals surface area (Å²) < 4.78 is 1.51. The summed E-state index contributed by atoms with van der Waals surface area (Å²) in [6.07, 6.45) is 1.69. The first-order chi connectivity index (χ1) is 6.59. The molecule has 72 valence electrons. The fourth-order valence-corrected chi connectivity index (χ4v) is 2.06. The number of nitrogens with zero attached hydrogens (tertiary/aromatic N) is 1. The Bertz CT molecular complexity index is 516. The highest BCUT2D eigenvalue weighted by Crippen LogP contribution is 2.28. The molecule has 1 aromatic carbocycles. The average molecular weight is 228 g/mol. The van der Waals surface area contributed by atoms with Crippen molar-refractivity contribution in [2.24, 2.45) is 0 Å². The van der Waals surface area contributed by atoms with E-state index in [-0.39, 0.29) is 5.91 Å². The second-order valence-corrected chi connectivity index (χ2v) is 3.87. The van der Waals surface area contributed by atoms with E-state index in [1.807, 2.05) is 6.07 Å². The Labute approximate surface area is 91.0 Å². The van der Waals surface area contributed by atoms with Gasteiger partial charge in [0.15, 0.2) is 0 Å². The van der Waals surface area contributed by atoms with Crippen molar-refractivity contribution in [2.75, 3.05) is 0 Å². The van der Waals surface area contributed by atoms with Gasteiger partial charge in [0.05, 0.1) is 10.5 Å². The topological polar surface area (TPSA) is 22.0 Å². The predicted molar refractivity (Wildman–Crippen MR) is 58.3 cm³/mol. The molecule has 0 spiro atoms. The van der Waals surface area contributed by atoms with Gasteiger partial charge in [-0.25, -0.2) is 0 Å². The van der Waals surface area contributed by atoms with Gasteiger partial charge in [-0.2, -0.15) is 0 Å². The molecule has 2 rings (SSSR count). The zero-order valence-electron chi connectivity index (χ0n) is 7.42. The van der Waals surface area contributed by atoms with Gasteiger partial charge < -0.3 is 0 Å². The summed E-state index contributed by atoms with van der Waals surface area (Å²) >= 11 is 11.8. The molecule has 0 radical (unpaired) electrons. The molecular weight excluding hydrogens is 221 g/mol. The van der Waals surface area contributed by atoms with Gasteiger partial charge in [0, 0.05) is 23.5 Å². The van der Waals surface area contributed by atoms with Crippen molar-refractivity contribution in [3.63, 3.8) is 0 Å². The van der Waals surface area contributed by atoms with E-state index in [0.717, 1.165) is 5.39 Å². The molecule has 0 bridgehead atoms. The van der Waals surface area contributed by atoms with E-state index in [4.69, 9.17) is 23.2 Å². The minimum atomic E-state index is -0.0655. The largest absolute Gasteiger partial charge is 0.286 e. The third-order valence-corrected chi connectivity index (χ3v) is 2.55. The average Bonchev–Trinajstić information content (AvgIpc) is 2.47. The molecule has 1 heterocycles. The lowest BCUT2D eigenvalue weighted by Gasteiger charge is -2.01. The zero-order chi connectivity index (χ0) is 10.3. The van der Waals surface area contributed by atoms with Crippen LogP contribution in [0.2, 0.25) is 10.0 Å². The Morgan fingerprint density at radius 3 is 2.71 bits per heavy atom. The first kappa shape index (κ1) is 9.56. The normalized spacial score (nSPS) is 10.8. The number of aromatic nitrogens is 1. The molecule has 0 N–H and O–H groups in total. The van der Waals surface area contributed by atoms with Crippen molar-refractivity contribution in [3.05, 3.63) is 34.4 Å². The molecule has 0 atom stereocenters. The summed E-state index contributed by atoms with van der Waals surface area (Å²) in [4.78, 5) is 11.2. The second-order valence-electron chi connectivity index (χ2n) is 3.03. The smallest absolute Gasteiger partial charge is 0.227 e. The van der Waals surface area contributed by atoms with Gasteiger partial charge in [-0.3, -0.25) is 9.36 Å². The van der Waals surface area contributed by atoms with Crippen LogP contribution in [0, 0.1) is 0 Å². The molecule has 4 heteroatoms. The number of carbonyl (C=O) groups is 1. The van der Waals surface area contributed by atoms with E-state index in [1.165, 1.54) is 11.5 Å². The van der Waals surface area contributed by atoms with E-state index in [0.29, 0.717) is 15.6 Å². The molecule has 0 aliphatic carbocycles. The monoisotopic (exact) mass is 227 g/mol. The third kappa shape index (κ3) is 1.41. The van der Waals surface area contributed by atoms with Gasteiger partial charge in [0.2, 0.25) is 5.91 Å². The van der Waals surface area contributed by atoms with Crippen molar-refractivity contribution in [3.8, 4) is 0 Å². The van der Waals surface area contributed by atoms with Gasteiger partial charge >= 0.3 is 0 Å². The van der Waals surface area contributed by atoms with Crippen LogP contribution in [0.25, 0.3) is 10.9 Å². The Kier molecular flexibility index (Phi) is 2.25. The van der Waals surface area contributed by atoms with E-state index in [2.05, 4.69) is 0 Å². The Morgan fingerprint density at radius 2 is 2.07 bits per heavy atom. The van der Waals surface area contributed by atoms with Crippen molar-refractivity contribution in [2.45, 2.75) is 6.92 Å². The number of fused-ring (bicyclic) bond motifs is 1. The molecule has 0 saturated carbocycles. The highest BCUT2D eigenvalue weighted by molar-refractivity contribution is 6.38. The van der Waals surface area contributed by atoms with Crippen LogP contribution in [-0.4, -0.2) is 10.5 Å². The first-order valence-corrected chi connectivity index (χ1v) is 4.82. The van der Waals surface area contributed by atoms with E-state index < -0.39 is 0 Å². The van der Waals surface area contributed by atoms with Gasteiger partial charge in [0.1, 0.15) is 0 Å². The molecule has 2 aromatic rings. The zero-order valence-corrected chi connectivity index (χ0v) is 8.93. The van der Waals surface area contributed by atoms with Gasteiger partial charge in [-0.1, -0.05) is 23.2 Å². The molecule has 0 saturated heterocycles. The number of benzene rings is 1. The number of hydrogen-bond acceptors (Lipinski definition) is 1. The first-order valence-electron chi connectivity index (χ1n) is 4.06. The highest BCUT2D eigenvalue weighted by atomic mass is 35.5. The third-order valence-electron chi connectivity index (χ3n) is 2.04. The van der Waals surface area contributed by atoms with Crippen LogP contribution in [0.5, 0.6) is 0 Å². The molecule has 1 aromatic heterocycles. The minimum Gasteiger partial charge on any atom is -0.286 e. The van der Waals surface area contributed by atoms with E-state index in [9.17, 15) is 4.79 Å².